The summed E-state index contributed by atoms with van der Waals surface area (Å²) in [6.45, 7) is 2.62. The van der Waals surface area contributed by atoms with E-state index < -0.39 is 0 Å². The second-order valence-corrected chi connectivity index (χ2v) is 7.50. The molecule has 1 fully saturated rings. The van der Waals surface area contributed by atoms with Gasteiger partial charge in [-0.25, -0.2) is 0 Å². The van der Waals surface area contributed by atoms with Crippen LogP contribution in [-0.4, -0.2) is 15.1 Å². The van der Waals surface area contributed by atoms with E-state index in [1.165, 1.54) is 17.3 Å². The van der Waals surface area contributed by atoms with E-state index in [-0.39, 0.29) is 5.91 Å². The third-order valence-electron chi connectivity index (χ3n) is 4.03. The summed E-state index contributed by atoms with van der Waals surface area (Å²) in [5, 5.41) is 0. The molecule has 2 nitrogen and oxygen atoms in total. The van der Waals surface area contributed by atoms with Crippen LogP contribution in [0.15, 0.2) is 47.4 Å². The minimum Gasteiger partial charge on any atom is -0.288 e. The maximum absolute atomic E-state index is 12.6. The Hall–Kier alpha value is -1.39. The fourth-order valence-electron chi connectivity index (χ4n) is 2.71. The van der Waals surface area contributed by atoms with Crippen molar-refractivity contribution in [3.63, 3.8) is 0 Å². The number of benzene rings is 1. The van der Waals surface area contributed by atoms with E-state index in [1.807, 2.05) is 0 Å². The van der Waals surface area contributed by atoms with Crippen molar-refractivity contribution in [1.82, 2.24) is 4.90 Å². The second-order valence-electron chi connectivity index (χ2n) is 5.82. The number of allylic oxidation sites excluding steroid dienone is 3. The summed E-state index contributed by atoms with van der Waals surface area (Å²) in [4.78, 5) is 15.1. The Labute approximate surface area is 141 Å². The molecule has 1 aromatic carbocycles. The highest BCUT2D eigenvalue weighted by Crippen LogP contribution is 2.34. The predicted molar refractivity (Wildman–Crippen MR) is 96.5 cm³/mol. The molecular formula is C18H19NOS2. The quantitative estimate of drug-likeness (QED) is 0.459. The van der Waals surface area contributed by atoms with Gasteiger partial charge in [-0.3, -0.25) is 9.69 Å². The van der Waals surface area contributed by atoms with E-state index in [1.54, 1.807) is 4.90 Å². The van der Waals surface area contributed by atoms with Crippen LogP contribution in [0.25, 0.3) is 0 Å². The molecule has 0 spiro atoms. The molecule has 4 heteroatoms. The Morgan fingerprint density at radius 1 is 1.32 bits per heavy atom. The number of hydrogen-bond acceptors (Lipinski definition) is 3. The van der Waals surface area contributed by atoms with Crippen LogP contribution in [0.5, 0.6) is 0 Å². The first-order valence-corrected chi connectivity index (χ1v) is 8.82. The third-order valence-corrected chi connectivity index (χ3v) is 5.43. The van der Waals surface area contributed by atoms with Crippen molar-refractivity contribution in [2.75, 3.05) is 0 Å². The summed E-state index contributed by atoms with van der Waals surface area (Å²) in [7, 11) is 0. The zero-order valence-corrected chi connectivity index (χ0v) is 14.3. The number of thiocarbonyl (C=S) groups is 1. The first-order chi connectivity index (χ1) is 10.6. The van der Waals surface area contributed by atoms with Crippen LogP contribution in [-0.2, 0) is 11.3 Å². The molecule has 1 aromatic rings. The molecule has 0 unspecified atom stereocenters. The highest BCUT2D eigenvalue weighted by molar-refractivity contribution is 8.26. The summed E-state index contributed by atoms with van der Waals surface area (Å²) in [6.07, 6.45) is 9.80. The number of thioether (sulfide) groups is 1. The van der Waals surface area contributed by atoms with E-state index >= 15 is 0 Å². The summed E-state index contributed by atoms with van der Waals surface area (Å²) in [5.74, 6) is 0.531. The summed E-state index contributed by atoms with van der Waals surface area (Å²) in [6, 6.07) is 8.25. The molecule has 1 aliphatic carbocycles. The van der Waals surface area contributed by atoms with E-state index in [9.17, 15) is 4.79 Å². The molecule has 0 saturated carbocycles. The van der Waals surface area contributed by atoms with Gasteiger partial charge in [0.15, 0.2) is 0 Å². The molecule has 1 amide bonds. The number of nitrogens with zero attached hydrogens (tertiary/aromatic N) is 1. The monoisotopic (exact) mass is 329 g/mol. The lowest BCUT2D eigenvalue weighted by Crippen LogP contribution is -2.27. The Bertz CT molecular complexity index is 646. The minimum absolute atomic E-state index is 0.0603. The number of aryl methyl sites for hydroxylation is 1. The second kappa shape index (κ2) is 6.80. The molecule has 3 rings (SSSR count). The Kier molecular flexibility index (Phi) is 4.79. The zero-order chi connectivity index (χ0) is 15.5. The van der Waals surface area contributed by atoms with Crippen LogP contribution >= 0.6 is 24.0 Å². The van der Waals surface area contributed by atoms with Gasteiger partial charge >= 0.3 is 0 Å². The molecule has 0 bridgehead atoms. The number of carbonyl (C=O) groups is 1. The summed E-state index contributed by atoms with van der Waals surface area (Å²) < 4.78 is 0.670. The van der Waals surface area contributed by atoms with Crippen LogP contribution < -0.4 is 0 Å². The van der Waals surface area contributed by atoms with Crippen molar-refractivity contribution in [2.45, 2.75) is 32.7 Å². The molecule has 1 atom stereocenters. The molecule has 0 aromatic heterocycles. The van der Waals surface area contributed by atoms with Crippen molar-refractivity contribution in [1.29, 1.82) is 0 Å². The standard InChI is InChI=1S/C18H19NOS2/c1-13-7-9-15(10-8-13)12-19-17(20)16(22-18(19)21)11-14-5-3-2-4-6-14/h2-3,7-11,14H,4-6,12H2,1H3/b16-11-/t14-/m0/s1. The molecule has 22 heavy (non-hydrogen) atoms. The molecule has 1 heterocycles. The Morgan fingerprint density at radius 3 is 2.77 bits per heavy atom. The molecule has 1 aliphatic heterocycles. The molecule has 2 aliphatic rings. The fraction of sp³-hybridized carbons (Fsp3) is 0.333. The number of carbonyl (C=O) groups excluding carboxylic acids is 1. The topological polar surface area (TPSA) is 20.3 Å². The molecule has 0 N–H and O–H groups in total. The van der Waals surface area contributed by atoms with Crippen LogP contribution in [0.2, 0.25) is 0 Å². The number of hydrogen-bond donors (Lipinski definition) is 0. The maximum Gasteiger partial charge on any atom is 0.266 e. The average molecular weight is 329 g/mol. The highest BCUT2D eigenvalue weighted by Gasteiger charge is 2.32. The van der Waals surface area contributed by atoms with E-state index in [2.05, 4.69) is 49.4 Å². The van der Waals surface area contributed by atoms with Gasteiger partial charge in [0.1, 0.15) is 4.32 Å². The lowest BCUT2D eigenvalue weighted by atomic mass is 9.94. The van der Waals surface area contributed by atoms with Crippen LogP contribution in [0.1, 0.15) is 30.4 Å². The zero-order valence-electron chi connectivity index (χ0n) is 12.6. The SMILES string of the molecule is Cc1ccc(CN2C(=O)/C(=C/[C@H]3CC=CCC3)SC2=S)cc1. The van der Waals surface area contributed by atoms with Crippen molar-refractivity contribution in [2.24, 2.45) is 5.92 Å². The van der Waals surface area contributed by atoms with Gasteiger partial charge in [0.25, 0.3) is 5.91 Å². The van der Waals surface area contributed by atoms with E-state index in [4.69, 9.17) is 12.2 Å². The number of amides is 1. The smallest absolute Gasteiger partial charge is 0.266 e. The van der Waals surface area contributed by atoms with Gasteiger partial charge in [-0.1, -0.05) is 72.0 Å². The van der Waals surface area contributed by atoms with Crippen molar-refractivity contribution in [3.05, 3.63) is 58.5 Å². The van der Waals surface area contributed by atoms with Crippen LogP contribution in [0.4, 0.5) is 0 Å². The van der Waals surface area contributed by atoms with Gasteiger partial charge in [0.2, 0.25) is 0 Å². The van der Waals surface area contributed by atoms with Gasteiger partial charge in [-0.05, 0) is 37.7 Å². The number of rotatable bonds is 3. The van der Waals surface area contributed by atoms with Gasteiger partial charge < -0.3 is 0 Å². The molecule has 0 radical (unpaired) electrons. The normalized spacial score (nSPS) is 23.6. The molecule has 114 valence electrons. The summed E-state index contributed by atoms with van der Waals surface area (Å²) in [5.41, 5.74) is 2.34. The van der Waals surface area contributed by atoms with Gasteiger partial charge in [0, 0.05) is 0 Å². The van der Waals surface area contributed by atoms with Gasteiger partial charge in [0.05, 0.1) is 11.4 Å². The van der Waals surface area contributed by atoms with E-state index in [0.29, 0.717) is 16.8 Å². The van der Waals surface area contributed by atoms with Crippen molar-refractivity contribution < 1.29 is 4.79 Å². The summed E-state index contributed by atoms with van der Waals surface area (Å²) >= 11 is 6.84. The maximum atomic E-state index is 12.6. The lowest BCUT2D eigenvalue weighted by molar-refractivity contribution is -0.122. The van der Waals surface area contributed by atoms with Crippen LogP contribution in [0.3, 0.4) is 0 Å². The fourth-order valence-corrected chi connectivity index (χ4v) is 4.03. The first kappa shape index (κ1) is 15.5. The predicted octanol–water partition coefficient (Wildman–Crippen LogP) is 4.60. The third kappa shape index (κ3) is 3.50. The largest absolute Gasteiger partial charge is 0.288 e. The lowest BCUT2D eigenvalue weighted by Gasteiger charge is -2.15. The Morgan fingerprint density at radius 2 is 2.09 bits per heavy atom. The Balaban J connectivity index is 1.72. The van der Waals surface area contributed by atoms with Crippen molar-refractivity contribution in [3.8, 4) is 0 Å². The van der Waals surface area contributed by atoms with Crippen molar-refractivity contribution >= 4 is 34.2 Å². The van der Waals surface area contributed by atoms with Crippen LogP contribution in [0, 0.1) is 12.8 Å². The molecular weight excluding hydrogens is 310 g/mol. The highest BCUT2D eigenvalue weighted by atomic mass is 32.2. The molecule has 1 saturated heterocycles. The first-order valence-electron chi connectivity index (χ1n) is 7.59. The van der Waals surface area contributed by atoms with Gasteiger partial charge in [-0.2, -0.15) is 0 Å². The minimum atomic E-state index is 0.0603. The van der Waals surface area contributed by atoms with Gasteiger partial charge in [-0.15, -0.1) is 0 Å². The van der Waals surface area contributed by atoms with E-state index in [0.717, 1.165) is 29.7 Å². The average Bonchev–Trinajstić information content (AvgIpc) is 2.78.